The van der Waals surface area contributed by atoms with Crippen molar-refractivity contribution in [2.75, 3.05) is 63.5 Å². The zero-order chi connectivity index (χ0) is 20.9. The molecule has 0 radical (unpaired) electrons. The number of hydrogen-bond donors (Lipinski definition) is 1. The number of aryl methyl sites for hydroxylation is 1. The molecule has 0 atom stereocenters. The van der Waals surface area contributed by atoms with Gasteiger partial charge in [0.05, 0.1) is 6.26 Å². The lowest BCUT2D eigenvalue weighted by molar-refractivity contribution is 0.279. The normalized spacial score (nSPS) is 20.2. The van der Waals surface area contributed by atoms with Crippen LogP contribution in [0.5, 0.6) is 0 Å². The van der Waals surface area contributed by atoms with Gasteiger partial charge in [0.25, 0.3) is 0 Å². The van der Waals surface area contributed by atoms with Crippen LogP contribution in [0, 0.1) is 12.8 Å². The molecule has 0 unspecified atom stereocenters. The lowest BCUT2D eigenvalue weighted by Gasteiger charge is -2.38. The molecular weight excluding hydrogens is 386 g/mol. The van der Waals surface area contributed by atoms with Crippen LogP contribution in [0.1, 0.15) is 25.3 Å². The van der Waals surface area contributed by atoms with Gasteiger partial charge >= 0.3 is 0 Å². The third-order valence-corrected chi connectivity index (χ3v) is 7.13. The van der Waals surface area contributed by atoms with E-state index < -0.39 is 10.0 Å². The van der Waals surface area contributed by atoms with Gasteiger partial charge in [0.2, 0.25) is 10.0 Å². The fourth-order valence-corrected chi connectivity index (χ4v) is 4.94. The second-order valence-electron chi connectivity index (χ2n) is 8.11. The molecule has 0 saturated carbocycles. The molecule has 29 heavy (non-hydrogen) atoms. The van der Waals surface area contributed by atoms with Crippen LogP contribution in [0.3, 0.4) is 0 Å². The number of anilines is 1. The second kappa shape index (κ2) is 9.80. The molecule has 0 aliphatic carbocycles. The molecule has 2 saturated heterocycles. The highest BCUT2D eigenvalue weighted by Crippen LogP contribution is 2.20. The average Bonchev–Trinajstić information content (AvgIpc) is 2.71. The fraction of sp³-hybridized carbons (Fsp3) is 0.667. The van der Waals surface area contributed by atoms with Gasteiger partial charge in [0.1, 0.15) is 0 Å². The minimum Gasteiger partial charge on any atom is -0.368 e. The number of sulfonamides is 1. The van der Waals surface area contributed by atoms with Crippen LogP contribution in [-0.4, -0.2) is 82.2 Å². The topological polar surface area (TPSA) is 68.2 Å². The average molecular weight is 422 g/mol. The minimum atomic E-state index is -3.06. The molecule has 0 spiro atoms. The van der Waals surface area contributed by atoms with E-state index in [-0.39, 0.29) is 0 Å². The first-order valence-corrected chi connectivity index (χ1v) is 12.5. The standard InChI is InChI=1S/C21H35N5O2S/c1-4-22-21(23-17-19-8-10-26(11-9-19)29(3,27)28)25-14-12-24(13-15-25)20-7-5-6-18(2)16-20/h5-7,16,19H,4,8-15,17H2,1-3H3,(H,22,23). The summed E-state index contributed by atoms with van der Waals surface area (Å²) in [5.74, 6) is 1.44. The molecule has 1 N–H and O–H groups in total. The van der Waals surface area contributed by atoms with E-state index in [1.54, 1.807) is 4.31 Å². The van der Waals surface area contributed by atoms with Crippen molar-refractivity contribution in [1.29, 1.82) is 0 Å². The van der Waals surface area contributed by atoms with Crippen molar-refractivity contribution in [3.63, 3.8) is 0 Å². The van der Waals surface area contributed by atoms with E-state index >= 15 is 0 Å². The van der Waals surface area contributed by atoms with Crippen molar-refractivity contribution in [1.82, 2.24) is 14.5 Å². The van der Waals surface area contributed by atoms with Crippen LogP contribution in [0.25, 0.3) is 0 Å². The molecule has 1 aromatic rings. The summed E-state index contributed by atoms with van der Waals surface area (Å²) in [6, 6.07) is 8.69. The van der Waals surface area contributed by atoms with Gasteiger partial charge in [0, 0.05) is 58.0 Å². The highest BCUT2D eigenvalue weighted by atomic mass is 32.2. The molecule has 162 valence electrons. The van der Waals surface area contributed by atoms with E-state index in [9.17, 15) is 8.42 Å². The molecule has 0 amide bonds. The molecule has 3 rings (SSSR count). The van der Waals surface area contributed by atoms with Crippen molar-refractivity contribution < 1.29 is 8.42 Å². The maximum Gasteiger partial charge on any atom is 0.211 e. The molecule has 7 nitrogen and oxygen atoms in total. The van der Waals surface area contributed by atoms with E-state index in [2.05, 4.69) is 53.2 Å². The summed E-state index contributed by atoms with van der Waals surface area (Å²) in [6.07, 6.45) is 3.07. The van der Waals surface area contributed by atoms with E-state index in [4.69, 9.17) is 4.99 Å². The van der Waals surface area contributed by atoms with Gasteiger partial charge in [-0.3, -0.25) is 4.99 Å². The van der Waals surface area contributed by atoms with Gasteiger partial charge in [-0.1, -0.05) is 12.1 Å². The quantitative estimate of drug-likeness (QED) is 0.580. The predicted molar refractivity (Wildman–Crippen MR) is 120 cm³/mol. The lowest BCUT2D eigenvalue weighted by atomic mass is 9.98. The molecule has 2 aliphatic heterocycles. The Kier molecular flexibility index (Phi) is 7.40. The monoisotopic (exact) mass is 421 g/mol. The molecule has 0 aromatic heterocycles. The molecular formula is C21H35N5O2S. The minimum absolute atomic E-state index is 0.454. The first-order chi connectivity index (χ1) is 13.9. The number of guanidine groups is 1. The van der Waals surface area contributed by atoms with Gasteiger partial charge in [-0.25, -0.2) is 12.7 Å². The number of piperazine rings is 1. The highest BCUT2D eigenvalue weighted by molar-refractivity contribution is 7.88. The molecule has 2 heterocycles. The van der Waals surface area contributed by atoms with Gasteiger partial charge < -0.3 is 15.1 Å². The third kappa shape index (κ3) is 6.09. The number of nitrogens with zero attached hydrogens (tertiary/aromatic N) is 4. The van der Waals surface area contributed by atoms with Crippen molar-refractivity contribution >= 4 is 21.7 Å². The molecule has 0 bridgehead atoms. The van der Waals surface area contributed by atoms with E-state index in [1.807, 2.05) is 0 Å². The third-order valence-electron chi connectivity index (χ3n) is 5.82. The largest absolute Gasteiger partial charge is 0.368 e. The summed E-state index contributed by atoms with van der Waals surface area (Å²) in [6.45, 7) is 11.0. The van der Waals surface area contributed by atoms with E-state index in [0.29, 0.717) is 19.0 Å². The summed E-state index contributed by atoms with van der Waals surface area (Å²) < 4.78 is 24.9. The zero-order valence-electron chi connectivity index (χ0n) is 18.0. The first-order valence-electron chi connectivity index (χ1n) is 10.7. The molecule has 2 aliphatic rings. The number of rotatable bonds is 5. The number of aliphatic imine (C=N–C) groups is 1. The molecule has 1 aromatic carbocycles. The lowest BCUT2D eigenvalue weighted by Crippen LogP contribution is -2.52. The number of nitrogens with one attached hydrogen (secondary N) is 1. The Balaban J connectivity index is 1.53. The zero-order valence-corrected chi connectivity index (χ0v) is 18.8. The number of hydrogen-bond acceptors (Lipinski definition) is 4. The first kappa shape index (κ1) is 21.9. The van der Waals surface area contributed by atoms with Gasteiger partial charge in [0.15, 0.2) is 5.96 Å². The van der Waals surface area contributed by atoms with Gasteiger partial charge in [-0.05, 0) is 50.3 Å². The summed E-state index contributed by atoms with van der Waals surface area (Å²) in [4.78, 5) is 9.69. The highest BCUT2D eigenvalue weighted by Gasteiger charge is 2.25. The van der Waals surface area contributed by atoms with Gasteiger partial charge in [-0.2, -0.15) is 0 Å². The summed E-state index contributed by atoms with van der Waals surface area (Å²) in [5.41, 5.74) is 2.59. The Labute approximate surface area is 175 Å². The van der Waals surface area contributed by atoms with Crippen LogP contribution < -0.4 is 10.2 Å². The van der Waals surface area contributed by atoms with Crippen molar-refractivity contribution in [2.45, 2.75) is 26.7 Å². The Morgan fingerprint density at radius 1 is 1.14 bits per heavy atom. The summed E-state index contributed by atoms with van der Waals surface area (Å²) in [5, 5.41) is 3.44. The summed E-state index contributed by atoms with van der Waals surface area (Å²) in [7, 11) is -3.06. The Bertz CT molecular complexity index is 795. The van der Waals surface area contributed by atoms with Crippen molar-refractivity contribution in [2.24, 2.45) is 10.9 Å². The van der Waals surface area contributed by atoms with Crippen LogP contribution in [0.15, 0.2) is 29.3 Å². The van der Waals surface area contributed by atoms with Crippen molar-refractivity contribution in [3.05, 3.63) is 29.8 Å². The number of benzene rings is 1. The van der Waals surface area contributed by atoms with Crippen molar-refractivity contribution in [3.8, 4) is 0 Å². The van der Waals surface area contributed by atoms with Crippen LogP contribution in [0.4, 0.5) is 5.69 Å². The van der Waals surface area contributed by atoms with Crippen LogP contribution in [-0.2, 0) is 10.0 Å². The SMILES string of the molecule is CCNC(=NCC1CCN(S(C)(=O)=O)CC1)N1CCN(c2cccc(C)c2)CC1. The smallest absolute Gasteiger partial charge is 0.211 e. The second-order valence-corrected chi connectivity index (χ2v) is 10.1. The van der Waals surface area contributed by atoms with Crippen LogP contribution in [0.2, 0.25) is 0 Å². The molecule has 2 fully saturated rings. The van der Waals surface area contributed by atoms with Crippen LogP contribution >= 0.6 is 0 Å². The predicted octanol–water partition coefficient (Wildman–Crippen LogP) is 1.75. The number of piperidine rings is 1. The fourth-order valence-electron chi connectivity index (χ4n) is 4.07. The Morgan fingerprint density at radius 3 is 2.41 bits per heavy atom. The van der Waals surface area contributed by atoms with Gasteiger partial charge in [-0.15, -0.1) is 0 Å². The Hall–Kier alpha value is -1.80. The van der Waals surface area contributed by atoms with E-state index in [0.717, 1.165) is 58.1 Å². The summed E-state index contributed by atoms with van der Waals surface area (Å²) >= 11 is 0. The maximum absolute atomic E-state index is 11.7. The Morgan fingerprint density at radius 2 is 1.83 bits per heavy atom. The molecule has 8 heteroatoms. The van der Waals surface area contributed by atoms with E-state index in [1.165, 1.54) is 17.5 Å². The maximum atomic E-state index is 11.7.